The summed E-state index contributed by atoms with van der Waals surface area (Å²) in [4.78, 5) is 18.9. The fraction of sp³-hybridized carbons (Fsp3) is 0.667. The summed E-state index contributed by atoms with van der Waals surface area (Å²) >= 11 is 0. The largest absolute Gasteiger partial charge is 0.298 e. The van der Waals surface area contributed by atoms with Crippen molar-refractivity contribution in [1.29, 1.82) is 0 Å². The summed E-state index contributed by atoms with van der Waals surface area (Å²) in [7, 11) is 0. The average Bonchev–Trinajstić information content (AvgIpc) is 1.35. The Morgan fingerprint density at radius 1 is 1.71 bits per heavy atom. The van der Waals surface area contributed by atoms with E-state index < -0.39 is 0 Å². The van der Waals surface area contributed by atoms with Gasteiger partial charge in [-0.3, -0.25) is 4.79 Å². The van der Waals surface area contributed by atoms with Gasteiger partial charge in [0.15, 0.2) is 5.78 Å². The molecule has 0 spiro atoms. The molecular formula is C3H6ClNO2. The Bertz CT molecular complexity index is 73.3. The molecule has 0 atom stereocenters. The van der Waals surface area contributed by atoms with Crippen molar-refractivity contribution in [3.8, 4) is 0 Å². The minimum absolute atomic E-state index is 0. The van der Waals surface area contributed by atoms with E-state index in [1.54, 1.807) is 0 Å². The molecule has 0 N–H and O–H groups in total. The summed E-state index contributed by atoms with van der Waals surface area (Å²) in [6.07, 6.45) is 0. The van der Waals surface area contributed by atoms with Crippen LogP contribution in [0.25, 0.3) is 0 Å². The first-order valence-corrected chi connectivity index (χ1v) is 1.56. The lowest BCUT2D eigenvalue weighted by molar-refractivity contribution is -0.115. The number of nitroso groups, excluding NO2 is 1. The molecule has 0 rings (SSSR count). The third kappa shape index (κ3) is 10.8. The number of nitrogens with zero attached hydrogens (tertiary/aromatic N) is 1. The number of hydrogen-bond acceptors (Lipinski definition) is 3. The van der Waals surface area contributed by atoms with Gasteiger partial charge in [-0.2, -0.15) is 4.91 Å². The number of carbonyl (C=O) groups is 1. The smallest absolute Gasteiger partial charge is 0.154 e. The molecule has 0 aromatic heterocycles. The molecule has 0 aliphatic heterocycles. The second-order valence-corrected chi connectivity index (χ2v) is 0.989. The van der Waals surface area contributed by atoms with Crippen molar-refractivity contribution in [2.45, 2.75) is 6.92 Å². The molecule has 0 saturated heterocycles. The van der Waals surface area contributed by atoms with E-state index in [0.717, 1.165) is 0 Å². The van der Waals surface area contributed by atoms with Crippen molar-refractivity contribution in [2.24, 2.45) is 5.18 Å². The van der Waals surface area contributed by atoms with Crippen LogP contribution in [-0.2, 0) is 4.79 Å². The Labute approximate surface area is 47.5 Å². The van der Waals surface area contributed by atoms with Crippen LogP contribution in [0.5, 0.6) is 0 Å². The van der Waals surface area contributed by atoms with E-state index in [2.05, 4.69) is 5.18 Å². The molecule has 0 unspecified atom stereocenters. The van der Waals surface area contributed by atoms with Crippen LogP contribution in [0.4, 0.5) is 0 Å². The Hall–Kier alpha value is -0.440. The van der Waals surface area contributed by atoms with E-state index in [9.17, 15) is 4.79 Å². The second-order valence-electron chi connectivity index (χ2n) is 0.989. The molecule has 0 saturated carbocycles. The van der Waals surface area contributed by atoms with Gasteiger partial charge in [-0.25, -0.2) is 0 Å². The van der Waals surface area contributed by atoms with E-state index >= 15 is 0 Å². The van der Waals surface area contributed by atoms with E-state index in [1.807, 2.05) is 0 Å². The zero-order valence-corrected chi connectivity index (χ0v) is 4.70. The Morgan fingerprint density at radius 2 is 2.14 bits per heavy atom. The molecule has 0 heterocycles. The minimum atomic E-state index is -0.194. The van der Waals surface area contributed by atoms with Crippen LogP contribution >= 0.6 is 12.4 Å². The normalized spacial score (nSPS) is 6.43. The Kier molecular flexibility index (Phi) is 7.75. The SMILES string of the molecule is CC(=O)CN=O.Cl. The predicted molar refractivity (Wildman–Crippen MR) is 28.6 cm³/mol. The van der Waals surface area contributed by atoms with Crippen LogP contribution in [0.2, 0.25) is 0 Å². The van der Waals surface area contributed by atoms with Crippen molar-refractivity contribution in [3.05, 3.63) is 4.91 Å². The number of Topliss-reactive ketones (excluding diaryl/α,β-unsaturated/α-hetero) is 1. The maximum Gasteiger partial charge on any atom is 0.154 e. The molecule has 4 heteroatoms. The maximum absolute atomic E-state index is 9.75. The summed E-state index contributed by atoms with van der Waals surface area (Å²) in [5.41, 5.74) is 0. The van der Waals surface area contributed by atoms with Gasteiger partial charge in [0.25, 0.3) is 0 Å². The molecule has 0 fully saturated rings. The zero-order valence-electron chi connectivity index (χ0n) is 3.88. The van der Waals surface area contributed by atoms with Crippen molar-refractivity contribution in [3.63, 3.8) is 0 Å². The van der Waals surface area contributed by atoms with Crippen molar-refractivity contribution in [2.75, 3.05) is 6.54 Å². The van der Waals surface area contributed by atoms with Crippen molar-refractivity contribution >= 4 is 18.2 Å². The summed E-state index contributed by atoms with van der Waals surface area (Å²) in [5.74, 6) is -0.190. The maximum atomic E-state index is 9.75. The van der Waals surface area contributed by atoms with Gasteiger partial charge in [0.1, 0.15) is 6.54 Å². The summed E-state index contributed by atoms with van der Waals surface area (Å²) < 4.78 is 0. The molecule has 0 aliphatic carbocycles. The van der Waals surface area contributed by atoms with Crippen LogP contribution in [0.1, 0.15) is 6.92 Å². The molecule has 0 aromatic carbocycles. The third-order valence-corrected chi connectivity index (χ3v) is 0.287. The molecule has 7 heavy (non-hydrogen) atoms. The van der Waals surface area contributed by atoms with Crippen molar-refractivity contribution in [1.82, 2.24) is 0 Å². The predicted octanol–water partition coefficient (Wildman–Crippen LogP) is 0.764. The van der Waals surface area contributed by atoms with Gasteiger partial charge in [-0.1, -0.05) is 5.18 Å². The highest BCUT2D eigenvalue weighted by molar-refractivity contribution is 5.85. The van der Waals surface area contributed by atoms with Crippen molar-refractivity contribution < 1.29 is 4.79 Å². The van der Waals surface area contributed by atoms with Gasteiger partial charge in [-0.15, -0.1) is 12.4 Å². The van der Waals surface area contributed by atoms with Gasteiger partial charge in [0.05, 0.1) is 0 Å². The summed E-state index contributed by atoms with van der Waals surface area (Å²) in [5, 5.41) is 2.34. The lowest BCUT2D eigenvalue weighted by Gasteiger charge is -1.71. The molecule has 3 nitrogen and oxygen atoms in total. The van der Waals surface area contributed by atoms with Gasteiger partial charge < -0.3 is 0 Å². The molecule has 0 aromatic rings. The number of halogens is 1. The minimum Gasteiger partial charge on any atom is -0.298 e. The summed E-state index contributed by atoms with van der Waals surface area (Å²) in [6.45, 7) is 1.13. The fourth-order valence-electron chi connectivity index (χ4n) is 0.0909. The van der Waals surface area contributed by atoms with Crippen LogP contribution in [-0.4, -0.2) is 12.3 Å². The Morgan fingerprint density at radius 3 is 2.14 bits per heavy atom. The number of hydrogen-bond donors (Lipinski definition) is 0. The highest BCUT2D eigenvalue weighted by Crippen LogP contribution is 1.66. The van der Waals surface area contributed by atoms with Crippen LogP contribution in [0, 0.1) is 4.91 Å². The molecular weight excluding hydrogens is 117 g/mol. The first kappa shape index (κ1) is 9.75. The lowest BCUT2D eigenvalue weighted by Crippen LogP contribution is -1.91. The highest BCUT2D eigenvalue weighted by Gasteiger charge is 1.84. The van der Waals surface area contributed by atoms with Crippen LogP contribution in [0.3, 0.4) is 0 Å². The molecule has 42 valence electrons. The zero-order chi connectivity index (χ0) is 4.99. The molecule has 0 bridgehead atoms. The summed E-state index contributed by atoms with van der Waals surface area (Å²) in [6, 6.07) is 0. The number of carbonyl (C=O) groups excluding carboxylic acids is 1. The standard InChI is InChI=1S/C3H5NO2.ClH/c1-3(5)2-4-6;/h2H2,1H3;1H. The average molecular weight is 124 g/mol. The fourth-order valence-corrected chi connectivity index (χ4v) is 0.0909. The first-order valence-electron chi connectivity index (χ1n) is 1.56. The Balaban J connectivity index is 0. The number of ketones is 1. The van der Waals surface area contributed by atoms with Gasteiger partial charge in [-0.05, 0) is 6.92 Å². The van der Waals surface area contributed by atoms with E-state index in [0.29, 0.717) is 0 Å². The number of rotatable bonds is 2. The quantitative estimate of drug-likeness (QED) is 0.509. The highest BCUT2D eigenvalue weighted by atomic mass is 35.5. The molecule has 0 amide bonds. The van der Waals surface area contributed by atoms with Gasteiger partial charge in [0.2, 0.25) is 0 Å². The second kappa shape index (κ2) is 5.56. The molecule has 0 aliphatic rings. The van der Waals surface area contributed by atoms with Gasteiger partial charge >= 0.3 is 0 Å². The molecule has 0 radical (unpaired) electrons. The first-order chi connectivity index (χ1) is 2.77. The van der Waals surface area contributed by atoms with Crippen LogP contribution in [0.15, 0.2) is 5.18 Å². The van der Waals surface area contributed by atoms with E-state index in [4.69, 9.17) is 4.91 Å². The topological polar surface area (TPSA) is 46.5 Å². The lowest BCUT2D eigenvalue weighted by atomic mass is 10.5. The van der Waals surface area contributed by atoms with Gasteiger partial charge in [0, 0.05) is 0 Å². The van der Waals surface area contributed by atoms with E-state index in [-0.39, 0.29) is 24.7 Å². The van der Waals surface area contributed by atoms with E-state index in [1.165, 1.54) is 6.92 Å². The third-order valence-electron chi connectivity index (χ3n) is 0.287. The van der Waals surface area contributed by atoms with Crippen LogP contribution < -0.4 is 0 Å². The monoisotopic (exact) mass is 123 g/mol.